The first-order chi connectivity index (χ1) is 10.3. The van der Waals surface area contributed by atoms with Crippen molar-refractivity contribution in [3.8, 4) is 0 Å². The molecule has 5 heteroatoms. The highest BCUT2D eigenvalue weighted by molar-refractivity contribution is 5.81. The van der Waals surface area contributed by atoms with Gasteiger partial charge in [0.2, 0.25) is 5.91 Å². The Kier molecular flexibility index (Phi) is 5.19. The molecule has 0 aromatic heterocycles. The first-order valence-electron chi connectivity index (χ1n) is 7.69. The largest absolute Gasteiger partial charge is 0.377 e. The van der Waals surface area contributed by atoms with Gasteiger partial charge in [-0.3, -0.25) is 4.79 Å². The third-order valence-electron chi connectivity index (χ3n) is 4.14. The van der Waals surface area contributed by atoms with Gasteiger partial charge in [0, 0.05) is 19.1 Å². The van der Waals surface area contributed by atoms with Crippen LogP contribution in [-0.2, 0) is 9.53 Å². The minimum Gasteiger partial charge on any atom is -0.377 e. The predicted molar refractivity (Wildman–Crippen MR) is 83.6 cm³/mol. The van der Waals surface area contributed by atoms with Crippen molar-refractivity contribution in [3.05, 3.63) is 35.6 Å². The van der Waals surface area contributed by atoms with Crippen molar-refractivity contribution in [1.29, 1.82) is 0 Å². The number of benzene rings is 1. The number of amides is 1. The van der Waals surface area contributed by atoms with Crippen LogP contribution in [0.15, 0.2) is 24.3 Å². The summed E-state index contributed by atoms with van der Waals surface area (Å²) in [6, 6.07) is 5.24. The van der Waals surface area contributed by atoms with Gasteiger partial charge in [0.05, 0.1) is 6.10 Å². The molecule has 122 valence electrons. The molecule has 1 heterocycles. The van der Waals surface area contributed by atoms with Gasteiger partial charge in [-0.2, -0.15) is 0 Å². The lowest BCUT2D eigenvalue weighted by molar-refractivity contribution is -0.120. The second kappa shape index (κ2) is 6.75. The lowest BCUT2D eigenvalue weighted by atomic mass is 9.81. The molecule has 3 atom stereocenters. The molecular weight excluding hydrogens is 283 g/mol. The molecule has 2 rings (SSSR count). The van der Waals surface area contributed by atoms with Gasteiger partial charge in [-0.15, -0.1) is 0 Å². The van der Waals surface area contributed by atoms with Crippen molar-refractivity contribution in [3.63, 3.8) is 0 Å². The fourth-order valence-electron chi connectivity index (χ4n) is 3.11. The molecular formula is C17H25FN2O2. The van der Waals surface area contributed by atoms with E-state index in [1.807, 2.05) is 0 Å². The molecule has 1 aliphatic rings. The molecule has 0 radical (unpaired) electrons. The third kappa shape index (κ3) is 4.05. The lowest BCUT2D eigenvalue weighted by Gasteiger charge is -2.32. The van der Waals surface area contributed by atoms with Gasteiger partial charge >= 0.3 is 0 Å². The van der Waals surface area contributed by atoms with Gasteiger partial charge in [0.25, 0.3) is 0 Å². The number of carbonyl (C=O) groups is 1. The number of hydrogen-bond acceptors (Lipinski definition) is 3. The van der Waals surface area contributed by atoms with Crippen LogP contribution in [0.2, 0.25) is 0 Å². The van der Waals surface area contributed by atoms with Crippen LogP contribution in [0.5, 0.6) is 0 Å². The van der Waals surface area contributed by atoms with E-state index in [0.29, 0.717) is 18.0 Å². The molecule has 1 amide bonds. The number of ether oxygens (including phenoxy) is 1. The van der Waals surface area contributed by atoms with E-state index in [0.717, 1.165) is 13.0 Å². The molecule has 3 N–H and O–H groups in total. The maximum absolute atomic E-state index is 13.0. The number of nitrogens with two attached hydrogens (primary N) is 1. The Morgan fingerprint density at radius 1 is 1.41 bits per heavy atom. The van der Waals surface area contributed by atoms with E-state index in [2.05, 4.69) is 26.1 Å². The van der Waals surface area contributed by atoms with E-state index < -0.39 is 11.9 Å². The summed E-state index contributed by atoms with van der Waals surface area (Å²) < 4.78 is 18.9. The Labute approximate surface area is 131 Å². The Hall–Kier alpha value is -1.46. The Morgan fingerprint density at radius 3 is 2.59 bits per heavy atom. The van der Waals surface area contributed by atoms with E-state index in [9.17, 15) is 9.18 Å². The van der Waals surface area contributed by atoms with E-state index in [1.165, 1.54) is 12.1 Å². The average molecular weight is 308 g/mol. The van der Waals surface area contributed by atoms with Gasteiger partial charge in [0.15, 0.2) is 0 Å². The fraction of sp³-hybridized carbons (Fsp3) is 0.588. The summed E-state index contributed by atoms with van der Waals surface area (Å²) >= 11 is 0. The van der Waals surface area contributed by atoms with Gasteiger partial charge in [-0.1, -0.05) is 32.9 Å². The fourth-order valence-corrected chi connectivity index (χ4v) is 3.11. The van der Waals surface area contributed by atoms with Crippen molar-refractivity contribution in [2.45, 2.75) is 39.3 Å². The lowest BCUT2D eigenvalue weighted by Crippen LogP contribution is -2.41. The van der Waals surface area contributed by atoms with Gasteiger partial charge < -0.3 is 15.8 Å². The monoisotopic (exact) mass is 308 g/mol. The highest BCUT2D eigenvalue weighted by atomic mass is 19.1. The maximum Gasteiger partial charge on any atom is 0.239 e. The molecule has 1 aromatic carbocycles. The van der Waals surface area contributed by atoms with Crippen LogP contribution in [-0.4, -0.2) is 25.2 Å². The molecule has 1 fully saturated rings. The van der Waals surface area contributed by atoms with Crippen LogP contribution in [0, 0.1) is 17.2 Å². The highest BCUT2D eigenvalue weighted by Crippen LogP contribution is 2.34. The van der Waals surface area contributed by atoms with Crippen molar-refractivity contribution < 1.29 is 13.9 Å². The SMILES string of the molecule is CC(C)(C)[C@H]1OCC[C@@H]1CN[C@@H](C(N)=O)c1ccc(F)cc1. The minimum absolute atomic E-state index is 0.0565. The quantitative estimate of drug-likeness (QED) is 0.878. The van der Waals surface area contributed by atoms with E-state index >= 15 is 0 Å². The van der Waals surface area contributed by atoms with Crippen LogP contribution in [0.3, 0.4) is 0 Å². The molecule has 4 nitrogen and oxygen atoms in total. The zero-order valence-electron chi connectivity index (χ0n) is 13.4. The summed E-state index contributed by atoms with van der Waals surface area (Å²) in [6.07, 6.45) is 1.12. The summed E-state index contributed by atoms with van der Waals surface area (Å²) in [7, 11) is 0. The zero-order chi connectivity index (χ0) is 16.3. The number of hydrogen-bond donors (Lipinski definition) is 2. The van der Waals surface area contributed by atoms with Crippen molar-refractivity contribution in [1.82, 2.24) is 5.32 Å². The molecule has 22 heavy (non-hydrogen) atoms. The molecule has 0 saturated carbocycles. The number of primary amides is 1. The third-order valence-corrected chi connectivity index (χ3v) is 4.14. The molecule has 0 spiro atoms. The van der Waals surface area contributed by atoms with Crippen molar-refractivity contribution in [2.75, 3.05) is 13.2 Å². The summed E-state index contributed by atoms with van der Waals surface area (Å²) in [5, 5.41) is 3.22. The molecule has 0 aliphatic carbocycles. The smallest absolute Gasteiger partial charge is 0.239 e. The number of nitrogens with one attached hydrogen (secondary N) is 1. The van der Waals surface area contributed by atoms with Crippen LogP contribution in [0.4, 0.5) is 4.39 Å². The minimum atomic E-state index is -0.609. The van der Waals surface area contributed by atoms with Crippen LogP contribution < -0.4 is 11.1 Å². The second-order valence-corrected chi connectivity index (χ2v) is 7.00. The number of carbonyl (C=O) groups excluding carboxylic acids is 1. The second-order valence-electron chi connectivity index (χ2n) is 7.00. The average Bonchev–Trinajstić information content (AvgIpc) is 2.89. The number of rotatable bonds is 5. The van der Waals surface area contributed by atoms with E-state index in [1.54, 1.807) is 12.1 Å². The molecule has 1 saturated heterocycles. The van der Waals surface area contributed by atoms with Gasteiger partial charge in [0.1, 0.15) is 11.9 Å². The topological polar surface area (TPSA) is 64.3 Å². The van der Waals surface area contributed by atoms with E-state index in [-0.39, 0.29) is 17.3 Å². The van der Waals surface area contributed by atoms with Crippen LogP contribution in [0.25, 0.3) is 0 Å². The first-order valence-corrected chi connectivity index (χ1v) is 7.69. The normalized spacial score (nSPS) is 23.5. The maximum atomic E-state index is 13.0. The van der Waals surface area contributed by atoms with Gasteiger partial charge in [-0.05, 0) is 29.5 Å². The summed E-state index contributed by atoms with van der Waals surface area (Å²) in [5.41, 5.74) is 6.22. The van der Waals surface area contributed by atoms with Crippen molar-refractivity contribution in [2.24, 2.45) is 17.1 Å². The molecule has 0 unspecified atom stereocenters. The highest BCUT2D eigenvalue weighted by Gasteiger charge is 2.37. The summed E-state index contributed by atoms with van der Waals surface area (Å²) in [4.78, 5) is 11.7. The Bertz CT molecular complexity index is 510. The Morgan fingerprint density at radius 2 is 2.05 bits per heavy atom. The summed E-state index contributed by atoms with van der Waals surface area (Å²) in [5.74, 6) is -0.455. The van der Waals surface area contributed by atoms with Gasteiger partial charge in [-0.25, -0.2) is 4.39 Å². The number of halogens is 1. The van der Waals surface area contributed by atoms with Crippen LogP contribution in [0.1, 0.15) is 38.8 Å². The Balaban J connectivity index is 2.03. The van der Waals surface area contributed by atoms with Crippen LogP contribution >= 0.6 is 0 Å². The standard InChI is InChI=1S/C17H25FN2O2/c1-17(2,3)15-12(8-9-22-15)10-20-14(16(19)21)11-4-6-13(18)7-5-11/h4-7,12,14-15,20H,8-10H2,1-3H3,(H2,19,21)/t12-,14-,15+/m1/s1. The van der Waals surface area contributed by atoms with Crippen molar-refractivity contribution >= 4 is 5.91 Å². The predicted octanol–water partition coefficient (Wildman–Crippen LogP) is 2.39. The zero-order valence-corrected chi connectivity index (χ0v) is 13.4. The first kappa shape index (κ1) is 16.9. The summed E-state index contributed by atoms with van der Waals surface area (Å²) in [6.45, 7) is 7.85. The molecule has 0 bridgehead atoms. The van der Waals surface area contributed by atoms with E-state index in [4.69, 9.17) is 10.5 Å². The molecule has 1 aromatic rings. The molecule has 1 aliphatic heterocycles.